The standard InChI is InChI=1S/C24H22FN7O2/c1-4-22(33)28-16-7-10-20(25)21(11-16)30-23-19(15-5-8-18(34-3)9-6-15)13-26-24(31-23)29-17-12-27-32(2)14-17/h4-14H,1H2,2-3H3,(H,28,33)(H2,26,29,30,31). The number of rotatable bonds is 8. The lowest BCUT2D eigenvalue weighted by molar-refractivity contribution is -0.111. The molecule has 4 rings (SSSR count). The van der Waals surface area contributed by atoms with Gasteiger partial charge in [-0.1, -0.05) is 18.7 Å². The molecule has 0 saturated carbocycles. The number of carbonyl (C=O) groups is 1. The summed E-state index contributed by atoms with van der Waals surface area (Å²) in [6.07, 6.45) is 6.19. The first kappa shape index (κ1) is 22.5. The summed E-state index contributed by atoms with van der Waals surface area (Å²) in [4.78, 5) is 20.6. The Morgan fingerprint density at radius 1 is 1.12 bits per heavy atom. The second-order valence-corrected chi connectivity index (χ2v) is 7.23. The zero-order valence-corrected chi connectivity index (χ0v) is 18.5. The third kappa shape index (κ3) is 5.18. The summed E-state index contributed by atoms with van der Waals surface area (Å²) in [5.74, 6) is 0.437. The zero-order valence-electron chi connectivity index (χ0n) is 18.5. The quantitative estimate of drug-likeness (QED) is 0.330. The van der Waals surface area contributed by atoms with Crippen molar-refractivity contribution in [3.63, 3.8) is 0 Å². The molecule has 2 aromatic carbocycles. The van der Waals surface area contributed by atoms with Crippen molar-refractivity contribution in [3.05, 3.63) is 79.5 Å². The monoisotopic (exact) mass is 459 g/mol. The number of halogens is 1. The van der Waals surface area contributed by atoms with E-state index in [0.29, 0.717) is 34.5 Å². The van der Waals surface area contributed by atoms with Crippen LogP contribution in [0.3, 0.4) is 0 Å². The maximum atomic E-state index is 14.7. The summed E-state index contributed by atoms with van der Waals surface area (Å²) in [6, 6.07) is 11.5. The van der Waals surface area contributed by atoms with Crippen LogP contribution in [0, 0.1) is 5.82 Å². The fraction of sp³-hybridized carbons (Fsp3) is 0.0833. The van der Waals surface area contributed by atoms with Crippen LogP contribution in [0.1, 0.15) is 0 Å². The first-order valence-electron chi connectivity index (χ1n) is 10.2. The lowest BCUT2D eigenvalue weighted by Gasteiger charge is -2.15. The molecule has 2 aromatic heterocycles. The van der Waals surface area contributed by atoms with Crippen LogP contribution in [0.25, 0.3) is 11.1 Å². The van der Waals surface area contributed by atoms with Gasteiger partial charge in [-0.25, -0.2) is 9.37 Å². The Kier molecular flexibility index (Phi) is 6.49. The van der Waals surface area contributed by atoms with E-state index in [9.17, 15) is 9.18 Å². The molecule has 0 radical (unpaired) electrons. The van der Waals surface area contributed by atoms with Crippen LogP contribution in [0.4, 0.5) is 33.2 Å². The van der Waals surface area contributed by atoms with Crippen molar-refractivity contribution in [2.75, 3.05) is 23.1 Å². The van der Waals surface area contributed by atoms with Gasteiger partial charge < -0.3 is 20.7 Å². The molecule has 0 fully saturated rings. The van der Waals surface area contributed by atoms with Gasteiger partial charge in [0.2, 0.25) is 11.9 Å². The van der Waals surface area contributed by atoms with Crippen LogP contribution < -0.4 is 20.7 Å². The van der Waals surface area contributed by atoms with Crippen LogP contribution in [-0.2, 0) is 11.8 Å². The Bertz CT molecular complexity index is 1340. The highest BCUT2D eigenvalue weighted by molar-refractivity contribution is 5.99. The second kappa shape index (κ2) is 9.82. The van der Waals surface area contributed by atoms with Gasteiger partial charge in [0.15, 0.2) is 0 Å². The molecule has 10 heteroatoms. The SMILES string of the molecule is C=CC(=O)Nc1ccc(F)c(Nc2nc(Nc3cnn(C)c3)ncc2-c2ccc(OC)cc2)c1. The minimum Gasteiger partial charge on any atom is -0.497 e. The van der Waals surface area contributed by atoms with Crippen LogP contribution in [0.15, 0.2) is 73.7 Å². The van der Waals surface area contributed by atoms with Crippen LogP contribution in [0.5, 0.6) is 5.75 Å². The van der Waals surface area contributed by atoms with E-state index in [0.717, 1.165) is 11.6 Å². The van der Waals surface area contributed by atoms with Crippen molar-refractivity contribution in [2.45, 2.75) is 0 Å². The van der Waals surface area contributed by atoms with Gasteiger partial charge in [0.05, 0.1) is 24.7 Å². The molecule has 3 N–H and O–H groups in total. The average molecular weight is 459 g/mol. The molecular weight excluding hydrogens is 437 g/mol. The number of nitrogens with one attached hydrogen (secondary N) is 3. The van der Waals surface area contributed by atoms with Crippen LogP contribution >= 0.6 is 0 Å². The molecule has 0 saturated heterocycles. The fourth-order valence-corrected chi connectivity index (χ4v) is 3.15. The Morgan fingerprint density at radius 2 is 1.91 bits per heavy atom. The summed E-state index contributed by atoms with van der Waals surface area (Å²) in [6.45, 7) is 3.43. The highest BCUT2D eigenvalue weighted by Crippen LogP contribution is 2.32. The molecule has 0 aliphatic rings. The van der Waals surface area contributed by atoms with Gasteiger partial charge in [0.1, 0.15) is 17.4 Å². The third-order valence-corrected chi connectivity index (χ3v) is 4.82. The van der Waals surface area contributed by atoms with Crippen molar-refractivity contribution in [1.82, 2.24) is 19.7 Å². The Hall–Kier alpha value is -4.73. The van der Waals surface area contributed by atoms with Crippen LogP contribution in [-0.4, -0.2) is 32.8 Å². The second-order valence-electron chi connectivity index (χ2n) is 7.23. The van der Waals surface area contributed by atoms with E-state index < -0.39 is 11.7 Å². The Morgan fingerprint density at radius 3 is 2.59 bits per heavy atom. The van der Waals surface area contributed by atoms with E-state index in [4.69, 9.17) is 4.74 Å². The van der Waals surface area contributed by atoms with E-state index in [1.165, 1.54) is 18.2 Å². The predicted octanol–water partition coefficient (Wildman–Crippen LogP) is 4.64. The van der Waals surface area contributed by atoms with Gasteiger partial charge in [-0.3, -0.25) is 9.48 Å². The highest BCUT2D eigenvalue weighted by Gasteiger charge is 2.14. The zero-order chi connectivity index (χ0) is 24.1. The number of hydrogen-bond donors (Lipinski definition) is 3. The van der Waals surface area contributed by atoms with Gasteiger partial charge in [0.25, 0.3) is 0 Å². The number of nitrogens with zero attached hydrogens (tertiary/aromatic N) is 4. The predicted molar refractivity (Wildman–Crippen MR) is 129 cm³/mol. The average Bonchev–Trinajstić information content (AvgIpc) is 3.25. The number of methoxy groups -OCH3 is 1. The first-order valence-corrected chi connectivity index (χ1v) is 10.2. The molecule has 0 aliphatic heterocycles. The smallest absolute Gasteiger partial charge is 0.247 e. The van der Waals surface area contributed by atoms with E-state index in [1.807, 2.05) is 24.3 Å². The van der Waals surface area contributed by atoms with Gasteiger partial charge in [-0.15, -0.1) is 0 Å². The minimum absolute atomic E-state index is 0.127. The van der Waals surface area contributed by atoms with Crippen molar-refractivity contribution >= 4 is 34.7 Å². The maximum absolute atomic E-state index is 14.7. The summed E-state index contributed by atoms with van der Waals surface area (Å²) in [5, 5.41) is 12.9. The largest absolute Gasteiger partial charge is 0.497 e. The summed E-state index contributed by atoms with van der Waals surface area (Å²) in [5.41, 5.74) is 2.67. The van der Waals surface area contributed by atoms with Gasteiger partial charge in [-0.2, -0.15) is 10.1 Å². The van der Waals surface area contributed by atoms with Crippen molar-refractivity contribution in [3.8, 4) is 16.9 Å². The van der Waals surface area contributed by atoms with Gasteiger partial charge >= 0.3 is 0 Å². The van der Waals surface area contributed by atoms with E-state index in [2.05, 4.69) is 37.6 Å². The number of amides is 1. The summed E-state index contributed by atoms with van der Waals surface area (Å²) >= 11 is 0. The molecule has 0 spiro atoms. The molecule has 0 bridgehead atoms. The highest BCUT2D eigenvalue weighted by atomic mass is 19.1. The lowest BCUT2D eigenvalue weighted by Crippen LogP contribution is -2.08. The molecule has 1 amide bonds. The van der Waals surface area contributed by atoms with E-state index >= 15 is 0 Å². The molecule has 34 heavy (non-hydrogen) atoms. The van der Waals surface area contributed by atoms with Crippen molar-refractivity contribution < 1.29 is 13.9 Å². The number of aromatic nitrogens is 4. The number of aryl methyl sites for hydroxylation is 1. The fourth-order valence-electron chi connectivity index (χ4n) is 3.15. The number of ether oxygens (including phenoxy) is 1. The number of anilines is 5. The normalized spacial score (nSPS) is 10.4. The van der Waals surface area contributed by atoms with E-state index in [-0.39, 0.29) is 5.69 Å². The Balaban J connectivity index is 1.73. The first-order chi connectivity index (χ1) is 16.4. The van der Waals surface area contributed by atoms with Gasteiger partial charge in [0, 0.05) is 30.7 Å². The molecule has 4 aromatic rings. The van der Waals surface area contributed by atoms with Crippen molar-refractivity contribution in [2.24, 2.45) is 7.05 Å². The molecular formula is C24H22FN7O2. The third-order valence-electron chi connectivity index (χ3n) is 4.82. The maximum Gasteiger partial charge on any atom is 0.247 e. The molecule has 2 heterocycles. The van der Waals surface area contributed by atoms with Crippen molar-refractivity contribution in [1.29, 1.82) is 0 Å². The lowest BCUT2D eigenvalue weighted by atomic mass is 10.1. The van der Waals surface area contributed by atoms with E-state index in [1.54, 1.807) is 37.4 Å². The molecule has 0 atom stereocenters. The number of hydrogen-bond acceptors (Lipinski definition) is 7. The molecule has 172 valence electrons. The number of carbonyl (C=O) groups excluding carboxylic acids is 1. The minimum atomic E-state index is -0.516. The van der Waals surface area contributed by atoms with Gasteiger partial charge in [-0.05, 0) is 42.0 Å². The molecule has 0 aliphatic carbocycles. The number of benzene rings is 2. The summed E-state index contributed by atoms with van der Waals surface area (Å²) in [7, 11) is 3.39. The summed E-state index contributed by atoms with van der Waals surface area (Å²) < 4.78 is 21.6. The molecule has 9 nitrogen and oxygen atoms in total. The topological polar surface area (TPSA) is 106 Å². The van der Waals surface area contributed by atoms with Crippen LogP contribution in [0.2, 0.25) is 0 Å². The molecule has 0 unspecified atom stereocenters. The Labute approximate surface area is 195 Å².